The molecule has 10 aromatic carbocycles. The maximum absolute atomic E-state index is 12.3. The minimum Gasteiger partial charge on any atom is -0.400 e. The summed E-state index contributed by atoms with van der Waals surface area (Å²) in [6, 6.07) is 79.8. The molecule has 10 heteroatoms. The molecule has 1 fully saturated rings. The van der Waals surface area contributed by atoms with Crippen LogP contribution in [0.25, 0.3) is 43.8 Å². The van der Waals surface area contributed by atoms with Crippen LogP contribution in [0.15, 0.2) is 293 Å². The predicted molar refractivity (Wildman–Crippen MR) is 367 cm³/mol. The summed E-state index contributed by atoms with van der Waals surface area (Å²) in [5.74, 6) is -1.20. The maximum Gasteiger partial charge on any atom is 1.00 e. The molecule has 6 unspecified atom stereocenters. The first-order valence-corrected chi connectivity index (χ1v) is 31.1. The number of halogens is 3. The summed E-state index contributed by atoms with van der Waals surface area (Å²) in [5.41, 5.74) is 6.78. The standard InChI is InChI=1S/C26H21BrO2.C26H17Br.C14H9BrO2.C6H5.C4H8O.CH4O.CH4.Li/c27-20-15-16-23-24(17-20)26(29,19-11-5-2-6-12-19)22-14-8-7-13-21(22)25(23,28)18-9-3-1-4-10-18;27-20-15-16-23-24(17-20)26(19-11-5-2-6-12-19)22-14-8-7-13-21(22)25(23)18-9-3-1-4-10-18;15-8-5-6-11-12(7-8)14(17)10-4-2-1-3-9(10)13(11)16;1-2-4-6-5-3-1;1-2-4-5-3-1;1-2;;/h1-17,21-22,28-29H;1-17H;1-7,9-10H;1-5H;1-4H2;2H,1H3;1H4;/q;;;-1;;;;+1. The molecule has 0 aromatic heterocycles. The van der Waals surface area contributed by atoms with E-state index in [-0.39, 0.29) is 61.5 Å². The van der Waals surface area contributed by atoms with E-state index in [1.807, 2.05) is 158 Å². The van der Waals surface area contributed by atoms with Crippen molar-refractivity contribution < 1.29 is 48.5 Å². The molecule has 10 aromatic rings. The van der Waals surface area contributed by atoms with Crippen molar-refractivity contribution in [2.75, 3.05) is 20.3 Å². The maximum atomic E-state index is 12.3. The number of aliphatic hydroxyl groups excluding tert-OH is 1. The predicted octanol–water partition coefficient (Wildman–Crippen LogP) is 16.1. The smallest absolute Gasteiger partial charge is 0.400 e. The first-order chi connectivity index (χ1) is 42.1. The zero-order valence-electron chi connectivity index (χ0n) is 48.4. The van der Waals surface area contributed by atoms with Crippen LogP contribution in [0.2, 0.25) is 0 Å². The first-order valence-electron chi connectivity index (χ1n) is 28.7. The van der Waals surface area contributed by atoms with Gasteiger partial charge < -0.3 is 20.1 Å². The molecule has 4 aliphatic carbocycles. The second-order valence-corrected chi connectivity index (χ2v) is 23.9. The molecule has 0 spiro atoms. The van der Waals surface area contributed by atoms with Gasteiger partial charge in [0.25, 0.3) is 0 Å². The minimum atomic E-state index is -1.26. The summed E-state index contributed by atoms with van der Waals surface area (Å²) >= 11 is 10.6. The molecule has 6 nitrogen and oxygen atoms in total. The van der Waals surface area contributed by atoms with Crippen LogP contribution in [-0.2, 0) is 15.9 Å². The zero-order valence-corrected chi connectivity index (χ0v) is 53.2. The number of benzene rings is 10. The van der Waals surface area contributed by atoms with E-state index >= 15 is 0 Å². The summed E-state index contributed by atoms with van der Waals surface area (Å²) < 4.78 is 7.74. The molecule has 0 saturated carbocycles. The van der Waals surface area contributed by atoms with Crippen LogP contribution >= 0.6 is 47.8 Å². The van der Waals surface area contributed by atoms with Gasteiger partial charge in [-0.25, -0.2) is 0 Å². The van der Waals surface area contributed by atoms with Gasteiger partial charge in [0.2, 0.25) is 0 Å². The van der Waals surface area contributed by atoms with Crippen molar-refractivity contribution in [2.45, 2.75) is 31.5 Å². The molecule has 0 bridgehead atoms. The number of hydrogen-bond acceptors (Lipinski definition) is 6. The van der Waals surface area contributed by atoms with E-state index in [1.54, 1.807) is 18.2 Å². The van der Waals surface area contributed by atoms with Crippen LogP contribution in [0.1, 0.15) is 63.2 Å². The van der Waals surface area contributed by atoms with E-state index in [1.165, 1.54) is 56.6 Å². The van der Waals surface area contributed by atoms with Crippen LogP contribution in [-0.4, -0.2) is 47.2 Å². The Bertz CT molecular complexity index is 4040. The zero-order chi connectivity index (χ0) is 60.0. The number of carbonyl (C=O) groups excluding carboxylic acids is 2. The molecule has 1 aliphatic heterocycles. The van der Waals surface area contributed by atoms with Crippen molar-refractivity contribution in [1.82, 2.24) is 0 Å². The minimum absolute atomic E-state index is 0. The Balaban J connectivity index is 0.000000156. The van der Waals surface area contributed by atoms with Gasteiger partial charge in [0.15, 0.2) is 11.6 Å². The fourth-order valence-electron chi connectivity index (χ4n) is 12.2. The fraction of sp³-hybridized carbons (Fsp3) is 0.154. The molecule has 3 N–H and O–H groups in total. The van der Waals surface area contributed by atoms with Gasteiger partial charge in [-0.05, 0) is 121 Å². The number of ketones is 2. The summed E-state index contributed by atoms with van der Waals surface area (Å²) in [6.07, 6.45) is 17.8. The van der Waals surface area contributed by atoms with Crippen LogP contribution in [0.4, 0.5) is 0 Å². The van der Waals surface area contributed by atoms with Gasteiger partial charge in [-0.1, -0.05) is 262 Å². The number of Topliss-reactive ketones (excluding diaryl/α,β-unsaturated/α-hetero) is 2. The van der Waals surface area contributed by atoms with E-state index < -0.39 is 11.2 Å². The van der Waals surface area contributed by atoms with Gasteiger partial charge in [0.05, 0.1) is 11.8 Å². The molecule has 15 rings (SSSR count). The van der Waals surface area contributed by atoms with Crippen molar-refractivity contribution in [3.05, 3.63) is 332 Å². The number of carbonyl (C=O) groups is 2. The van der Waals surface area contributed by atoms with Gasteiger partial charge >= 0.3 is 18.9 Å². The van der Waals surface area contributed by atoms with E-state index in [2.05, 4.69) is 157 Å². The molecular weight excluding hydrogens is 1280 g/mol. The van der Waals surface area contributed by atoms with Gasteiger partial charge in [-0.15, -0.1) is 0 Å². The van der Waals surface area contributed by atoms with Crippen molar-refractivity contribution >= 4 is 80.9 Å². The molecule has 6 atom stereocenters. The second-order valence-electron chi connectivity index (χ2n) is 21.1. The fourth-order valence-corrected chi connectivity index (χ4v) is 13.3. The summed E-state index contributed by atoms with van der Waals surface area (Å²) in [5, 5.41) is 36.7. The Morgan fingerprint density at radius 3 is 1.31 bits per heavy atom. The quantitative estimate of drug-likeness (QED) is 0.0921. The molecule has 0 radical (unpaired) electrons. The van der Waals surface area contributed by atoms with Crippen molar-refractivity contribution in [1.29, 1.82) is 0 Å². The summed E-state index contributed by atoms with van der Waals surface area (Å²) in [6.45, 7) is 2.00. The Labute approximate surface area is 554 Å². The van der Waals surface area contributed by atoms with Crippen LogP contribution < -0.4 is 18.9 Å². The average Bonchev–Trinajstić information content (AvgIpc) is 0.758. The Hall–Kier alpha value is -7.10. The Morgan fingerprint density at radius 1 is 0.432 bits per heavy atom. The monoisotopic (exact) mass is 1340 g/mol. The van der Waals surface area contributed by atoms with Crippen LogP contribution in [0.3, 0.4) is 0 Å². The molecule has 1 heterocycles. The van der Waals surface area contributed by atoms with E-state index in [0.29, 0.717) is 11.1 Å². The SMILES string of the molecule is Brc1ccc2c(-c3ccccc3)c3ccccc3c(-c3ccccc3)c2c1.C.C1CCOC1.CO.O=C1c2ccc(Br)cc2C(=O)C2C=CC=CC12.OC1(c2ccccc2)c2ccc(Br)cc2C(O)(c2ccccc2)C2C=CC=CC21.[Li+].[c-]1ccccc1. The van der Waals surface area contributed by atoms with E-state index in [9.17, 15) is 19.8 Å². The third-order valence-corrected chi connectivity index (χ3v) is 17.6. The van der Waals surface area contributed by atoms with Gasteiger partial charge in [-0.3, -0.25) is 9.59 Å². The number of ether oxygens (including phenoxy) is 1. The number of allylic oxidation sites excluding steroid dienone is 6. The van der Waals surface area contributed by atoms with Crippen molar-refractivity contribution in [3.63, 3.8) is 0 Å². The first kappa shape index (κ1) is 66.8. The third-order valence-electron chi connectivity index (χ3n) is 16.1. The number of rotatable bonds is 4. The molecular formula is C78H68Br3LiO6. The number of aliphatic hydroxyl groups is 3. The van der Waals surface area contributed by atoms with E-state index in [4.69, 9.17) is 9.84 Å². The Morgan fingerprint density at radius 2 is 0.830 bits per heavy atom. The van der Waals surface area contributed by atoms with Gasteiger partial charge in [0, 0.05) is 56.7 Å². The summed E-state index contributed by atoms with van der Waals surface area (Å²) in [7, 11) is 1.00. The van der Waals surface area contributed by atoms with Crippen molar-refractivity contribution in [3.8, 4) is 22.3 Å². The summed E-state index contributed by atoms with van der Waals surface area (Å²) in [4.78, 5) is 24.5. The normalized spacial score (nSPS) is 20.2. The Kier molecular flexibility index (Phi) is 23.8. The van der Waals surface area contributed by atoms with Crippen LogP contribution in [0.5, 0.6) is 0 Å². The van der Waals surface area contributed by atoms with Gasteiger partial charge in [0.1, 0.15) is 11.2 Å². The topological polar surface area (TPSA) is 104 Å². The third kappa shape index (κ3) is 14.2. The molecule has 5 aliphatic rings. The number of hydrogen-bond donors (Lipinski definition) is 3. The average molecular weight is 1350 g/mol. The number of fused-ring (bicyclic) bond motifs is 6. The molecule has 0 amide bonds. The molecule has 1 saturated heterocycles. The second kappa shape index (κ2) is 31.4. The molecule has 88 heavy (non-hydrogen) atoms. The van der Waals surface area contributed by atoms with Crippen LogP contribution in [0, 0.1) is 29.7 Å². The van der Waals surface area contributed by atoms with E-state index in [0.717, 1.165) is 56.0 Å². The van der Waals surface area contributed by atoms with Gasteiger partial charge in [-0.2, -0.15) is 36.4 Å². The largest absolute Gasteiger partial charge is 1.00 e. The molecule has 438 valence electrons. The van der Waals surface area contributed by atoms with Crippen molar-refractivity contribution in [2.24, 2.45) is 23.7 Å².